The van der Waals surface area contributed by atoms with Crippen molar-refractivity contribution in [3.05, 3.63) is 49.3 Å². The van der Waals surface area contributed by atoms with Crippen LogP contribution in [0.4, 0.5) is 11.5 Å². The quantitative estimate of drug-likeness (QED) is 0.679. The Labute approximate surface area is 129 Å². The van der Waals surface area contributed by atoms with E-state index in [4.69, 9.17) is 34.8 Å². The van der Waals surface area contributed by atoms with Gasteiger partial charge in [-0.15, -0.1) is 0 Å². The van der Waals surface area contributed by atoms with Crippen LogP contribution in [-0.4, -0.2) is 14.5 Å². The molecule has 9 heteroatoms. The summed E-state index contributed by atoms with van der Waals surface area (Å²) < 4.78 is 1.72. The molecule has 0 aliphatic rings. The summed E-state index contributed by atoms with van der Waals surface area (Å²) in [6.07, 6.45) is 1.14. The molecular formula is C11H9Cl3N4O2. The van der Waals surface area contributed by atoms with Crippen molar-refractivity contribution < 1.29 is 4.92 Å². The molecule has 0 spiro atoms. The number of anilines is 1. The lowest BCUT2D eigenvalue weighted by Gasteiger charge is -2.08. The van der Waals surface area contributed by atoms with E-state index >= 15 is 0 Å². The zero-order chi connectivity index (χ0) is 14.9. The van der Waals surface area contributed by atoms with Gasteiger partial charge in [-0.1, -0.05) is 34.8 Å². The van der Waals surface area contributed by atoms with E-state index in [0.717, 1.165) is 11.9 Å². The van der Waals surface area contributed by atoms with Crippen LogP contribution in [0.15, 0.2) is 18.3 Å². The molecule has 0 aliphatic heterocycles. The molecule has 0 saturated heterocycles. The fourth-order valence-corrected chi connectivity index (χ4v) is 2.23. The molecule has 0 amide bonds. The fraction of sp³-hybridized carbons (Fsp3) is 0.182. The van der Waals surface area contributed by atoms with Gasteiger partial charge in [-0.2, -0.15) is 0 Å². The number of rotatable bonds is 4. The van der Waals surface area contributed by atoms with Crippen LogP contribution in [0, 0.1) is 10.1 Å². The highest BCUT2D eigenvalue weighted by Gasteiger charge is 2.12. The van der Waals surface area contributed by atoms with Gasteiger partial charge in [0, 0.05) is 18.8 Å². The predicted octanol–water partition coefficient (Wildman–Crippen LogP) is 3.90. The van der Waals surface area contributed by atoms with Crippen molar-refractivity contribution in [2.45, 2.75) is 6.54 Å². The summed E-state index contributed by atoms with van der Waals surface area (Å²) in [5.41, 5.74) is 0.668. The second-order valence-electron chi connectivity index (χ2n) is 3.97. The number of aromatic nitrogens is 2. The second-order valence-corrected chi connectivity index (χ2v) is 5.14. The lowest BCUT2D eigenvalue weighted by molar-refractivity contribution is -0.385. The Hall–Kier alpha value is -1.50. The first kappa shape index (κ1) is 14.9. The third kappa shape index (κ3) is 2.98. The standard InChI is InChI=1S/C11H9Cl3N4O2/c1-17-6(2-8(12)10(17)14)4-15-11-9(13)3-7(5-16-11)18(19)20/h2-3,5H,4H2,1H3,(H,15,16). The van der Waals surface area contributed by atoms with E-state index < -0.39 is 4.92 Å². The molecule has 0 saturated carbocycles. The van der Waals surface area contributed by atoms with E-state index in [-0.39, 0.29) is 10.7 Å². The van der Waals surface area contributed by atoms with E-state index in [1.807, 2.05) is 0 Å². The van der Waals surface area contributed by atoms with Crippen LogP contribution >= 0.6 is 34.8 Å². The van der Waals surface area contributed by atoms with Crippen LogP contribution in [0.3, 0.4) is 0 Å². The number of hydrogen-bond acceptors (Lipinski definition) is 4. The van der Waals surface area contributed by atoms with Gasteiger partial charge in [0.25, 0.3) is 5.69 Å². The van der Waals surface area contributed by atoms with Gasteiger partial charge in [0.1, 0.15) is 17.2 Å². The lowest BCUT2D eigenvalue weighted by atomic mass is 10.4. The predicted molar refractivity (Wildman–Crippen MR) is 78.7 cm³/mol. The van der Waals surface area contributed by atoms with Crippen LogP contribution in [-0.2, 0) is 13.6 Å². The minimum absolute atomic E-state index is 0.162. The summed E-state index contributed by atoms with van der Waals surface area (Å²) in [7, 11) is 1.77. The Bertz CT molecular complexity index is 672. The molecule has 1 N–H and O–H groups in total. The molecule has 2 rings (SSSR count). The third-order valence-electron chi connectivity index (χ3n) is 2.69. The van der Waals surface area contributed by atoms with E-state index in [9.17, 15) is 10.1 Å². The average molecular weight is 336 g/mol. The first-order chi connectivity index (χ1) is 9.40. The Kier molecular flexibility index (Phi) is 4.37. The summed E-state index contributed by atoms with van der Waals surface area (Å²) in [4.78, 5) is 13.9. The number of halogens is 3. The molecule has 0 atom stereocenters. The SMILES string of the molecule is Cn1c(CNc2ncc([N+](=O)[O-])cc2Cl)cc(Cl)c1Cl. The molecule has 0 unspecified atom stereocenters. The van der Waals surface area contributed by atoms with Crippen LogP contribution in [0.5, 0.6) is 0 Å². The van der Waals surface area contributed by atoms with Crippen molar-refractivity contribution in [2.75, 3.05) is 5.32 Å². The molecule has 0 aromatic carbocycles. The van der Waals surface area contributed by atoms with Crippen molar-refractivity contribution in [1.29, 1.82) is 0 Å². The van der Waals surface area contributed by atoms with E-state index in [0.29, 0.717) is 22.5 Å². The molecule has 0 radical (unpaired) electrons. The highest BCUT2D eigenvalue weighted by molar-refractivity contribution is 6.41. The molecule has 0 aliphatic carbocycles. The number of nitro groups is 1. The molecule has 2 aromatic rings. The van der Waals surface area contributed by atoms with Gasteiger partial charge < -0.3 is 9.88 Å². The molecule has 106 valence electrons. The lowest BCUT2D eigenvalue weighted by Crippen LogP contribution is -2.06. The topological polar surface area (TPSA) is 73.0 Å². The van der Waals surface area contributed by atoms with Gasteiger partial charge in [0.15, 0.2) is 0 Å². The minimum Gasteiger partial charge on any atom is -0.363 e. The Morgan fingerprint density at radius 2 is 2.05 bits per heavy atom. The van der Waals surface area contributed by atoms with Crippen molar-refractivity contribution in [2.24, 2.45) is 7.05 Å². The maximum absolute atomic E-state index is 10.6. The van der Waals surface area contributed by atoms with Crippen molar-refractivity contribution in [1.82, 2.24) is 9.55 Å². The third-order valence-corrected chi connectivity index (χ3v) is 3.82. The molecule has 2 heterocycles. The van der Waals surface area contributed by atoms with Crippen molar-refractivity contribution >= 4 is 46.3 Å². The highest BCUT2D eigenvalue weighted by atomic mass is 35.5. The zero-order valence-electron chi connectivity index (χ0n) is 10.2. The minimum atomic E-state index is -0.556. The maximum atomic E-state index is 10.6. The normalized spacial score (nSPS) is 10.6. The Balaban J connectivity index is 2.15. The molecule has 0 bridgehead atoms. The smallest absolute Gasteiger partial charge is 0.289 e. The van der Waals surface area contributed by atoms with Gasteiger partial charge >= 0.3 is 0 Å². The first-order valence-corrected chi connectivity index (χ1v) is 6.57. The highest BCUT2D eigenvalue weighted by Crippen LogP contribution is 2.27. The number of hydrogen-bond donors (Lipinski definition) is 1. The number of pyridine rings is 1. The number of nitrogens with one attached hydrogen (secondary N) is 1. The molecule has 6 nitrogen and oxygen atoms in total. The maximum Gasteiger partial charge on any atom is 0.289 e. The average Bonchev–Trinajstić information content (AvgIpc) is 2.64. The fourth-order valence-electron chi connectivity index (χ4n) is 1.59. The summed E-state index contributed by atoms with van der Waals surface area (Å²) >= 11 is 17.8. The van der Waals surface area contributed by atoms with Crippen LogP contribution in [0.2, 0.25) is 15.2 Å². The summed E-state index contributed by atoms with van der Waals surface area (Å²) in [6, 6.07) is 2.96. The van der Waals surface area contributed by atoms with Gasteiger partial charge in [-0.05, 0) is 6.07 Å². The van der Waals surface area contributed by atoms with Crippen LogP contribution in [0.25, 0.3) is 0 Å². The van der Waals surface area contributed by atoms with Gasteiger partial charge in [-0.3, -0.25) is 10.1 Å². The van der Waals surface area contributed by atoms with E-state index in [1.165, 1.54) is 6.07 Å². The van der Waals surface area contributed by atoms with Crippen molar-refractivity contribution in [3.63, 3.8) is 0 Å². The zero-order valence-corrected chi connectivity index (χ0v) is 12.5. The van der Waals surface area contributed by atoms with Crippen LogP contribution < -0.4 is 5.32 Å². The van der Waals surface area contributed by atoms with Gasteiger partial charge in [-0.25, -0.2) is 4.98 Å². The number of nitrogens with zero attached hydrogens (tertiary/aromatic N) is 3. The molecule has 20 heavy (non-hydrogen) atoms. The van der Waals surface area contributed by atoms with E-state index in [1.54, 1.807) is 17.7 Å². The Morgan fingerprint density at radius 1 is 1.35 bits per heavy atom. The summed E-state index contributed by atoms with van der Waals surface area (Å²) in [5.74, 6) is 0.353. The van der Waals surface area contributed by atoms with E-state index in [2.05, 4.69) is 10.3 Å². The van der Waals surface area contributed by atoms with Crippen LogP contribution in [0.1, 0.15) is 5.69 Å². The summed E-state index contributed by atoms with van der Waals surface area (Å²) in [5, 5.41) is 14.6. The Morgan fingerprint density at radius 3 is 2.55 bits per heavy atom. The van der Waals surface area contributed by atoms with Gasteiger partial charge in [0.05, 0.1) is 21.5 Å². The second kappa shape index (κ2) is 5.87. The monoisotopic (exact) mass is 334 g/mol. The first-order valence-electron chi connectivity index (χ1n) is 5.43. The summed E-state index contributed by atoms with van der Waals surface area (Å²) in [6.45, 7) is 0.382. The molecular weight excluding hydrogens is 327 g/mol. The largest absolute Gasteiger partial charge is 0.363 e. The van der Waals surface area contributed by atoms with Gasteiger partial charge in [0.2, 0.25) is 0 Å². The van der Waals surface area contributed by atoms with Crippen molar-refractivity contribution in [3.8, 4) is 0 Å². The molecule has 0 fully saturated rings. The molecule has 2 aromatic heterocycles.